The number of hydrogen-bond acceptors (Lipinski definition) is 6. The molecule has 34 heavy (non-hydrogen) atoms. The van der Waals surface area contributed by atoms with Crippen molar-refractivity contribution in [3.05, 3.63) is 29.8 Å². The molecule has 1 rings (SSSR count). The van der Waals surface area contributed by atoms with Crippen LogP contribution in [0.3, 0.4) is 0 Å². The van der Waals surface area contributed by atoms with Crippen LogP contribution in [0.5, 0.6) is 5.75 Å². The molecular formula is C24H38N4O6. The molecule has 190 valence electrons. The summed E-state index contributed by atoms with van der Waals surface area (Å²) in [5, 5.41) is 26.7. The SMILES string of the molecule is CCC(C)C(NC(=O)C(Cc1ccc(O)cc1)NC(=O)C(C)NC(=O)C(N)CC(C)C)C(=O)O. The second kappa shape index (κ2) is 13.5. The number of nitrogens with two attached hydrogens (primary N) is 1. The second-order valence-electron chi connectivity index (χ2n) is 9.11. The van der Waals surface area contributed by atoms with Crippen LogP contribution in [-0.2, 0) is 25.6 Å². The van der Waals surface area contributed by atoms with Crippen LogP contribution in [0, 0.1) is 11.8 Å². The van der Waals surface area contributed by atoms with Crippen LogP contribution in [0.4, 0.5) is 0 Å². The van der Waals surface area contributed by atoms with E-state index in [2.05, 4.69) is 16.0 Å². The van der Waals surface area contributed by atoms with E-state index in [1.165, 1.54) is 19.1 Å². The minimum absolute atomic E-state index is 0.0468. The summed E-state index contributed by atoms with van der Waals surface area (Å²) in [5.74, 6) is -2.99. The molecule has 0 aliphatic carbocycles. The van der Waals surface area contributed by atoms with E-state index in [0.29, 0.717) is 18.4 Å². The van der Waals surface area contributed by atoms with E-state index in [9.17, 15) is 29.4 Å². The highest BCUT2D eigenvalue weighted by atomic mass is 16.4. The van der Waals surface area contributed by atoms with E-state index >= 15 is 0 Å². The van der Waals surface area contributed by atoms with Crippen molar-refractivity contribution < 1.29 is 29.4 Å². The fourth-order valence-electron chi connectivity index (χ4n) is 3.31. The van der Waals surface area contributed by atoms with Crippen molar-refractivity contribution in [2.45, 2.75) is 78.0 Å². The molecule has 0 radical (unpaired) electrons. The van der Waals surface area contributed by atoms with Crippen molar-refractivity contribution in [1.82, 2.24) is 16.0 Å². The molecule has 0 fully saturated rings. The molecule has 0 heterocycles. The Balaban J connectivity index is 2.99. The van der Waals surface area contributed by atoms with Gasteiger partial charge in [-0.2, -0.15) is 0 Å². The van der Waals surface area contributed by atoms with Crippen molar-refractivity contribution in [2.24, 2.45) is 17.6 Å². The fraction of sp³-hybridized carbons (Fsp3) is 0.583. The average Bonchev–Trinajstić information content (AvgIpc) is 2.76. The third kappa shape index (κ3) is 9.38. The summed E-state index contributed by atoms with van der Waals surface area (Å²) in [7, 11) is 0. The normalized spacial score (nSPS) is 15.5. The van der Waals surface area contributed by atoms with Gasteiger partial charge < -0.3 is 31.9 Å². The number of nitrogens with one attached hydrogen (secondary N) is 3. The zero-order chi connectivity index (χ0) is 26.0. The molecular weight excluding hydrogens is 440 g/mol. The maximum absolute atomic E-state index is 13.0. The zero-order valence-electron chi connectivity index (χ0n) is 20.5. The van der Waals surface area contributed by atoms with Crippen molar-refractivity contribution >= 4 is 23.7 Å². The minimum Gasteiger partial charge on any atom is -0.508 e. The molecule has 0 saturated carbocycles. The molecule has 3 amide bonds. The predicted octanol–water partition coefficient (Wildman–Crippen LogP) is 0.913. The fourth-order valence-corrected chi connectivity index (χ4v) is 3.31. The van der Waals surface area contributed by atoms with Gasteiger partial charge in [-0.3, -0.25) is 14.4 Å². The Morgan fingerprint density at radius 2 is 1.50 bits per heavy atom. The lowest BCUT2D eigenvalue weighted by molar-refractivity contribution is -0.143. The highest BCUT2D eigenvalue weighted by molar-refractivity contribution is 5.94. The molecule has 0 bridgehead atoms. The summed E-state index contributed by atoms with van der Waals surface area (Å²) in [6.07, 6.45) is 1.04. The van der Waals surface area contributed by atoms with Gasteiger partial charge in [-0.05, 0) is 42.9 Å². The van der Waals surface area contributed by atoms with Gasteiger partial charge >= 0.3 is 5.97 Å². The molecule has 5 atom stereocenters. The van der Waals surface area contributed by atoms with Gasteiger partial charge in [0.15, 0.2) is 0 Å². The number of phenols is 1. The molecule has 7 N–H and O–H groups in total. The van der Waals surface area contributed by atoms with Gasteiger partial charge in [0, 0.05) is 6.42 Å². The number of benzene rings is 1. The van der Waals surface area contributed by atoms with Crippen LogP contribution >= 0.6 is 0 Å². The van der Waals surface area contributed by atoms with E-state index in [1.54, 1.807) is 19.1 Å². The average molecular weight is 479 g/mol. The number of aliphatic carboxylic acids is 1. The predicted molar refractivity (Wildman–Crippen MR) is 128 cm³/mol. The maximum atomic E-state index is 13.0. The van der Waals surface area contributed by atoms with Crippen LogP contribution in [0.25, 0.3) is 0 Å². The molecule has 0 spiro atoms. The zero-order valence-corrected chi connectivity index (χ0v) is 20.5. The van der Waals surface area contributed by atoms with Crippen molar-refractivity contribution in [2.75, 3.05) is 0 Å². The number of amides is 3. The minimum atomic E-state index is -1.17. The quantitative estimate of drug-likeness (QED) is 0.245. The first-order chi connectivity index (χ1) is 15.8. The molecule has 10 nitrogen and oxygen atoms in total. The highest BCUT2D eigenvalue weighted by Crippen LogP contribution is 2.13. The van der Waals surface area contributed by atoms with Crippen molar-refractivity contribution in [3.63, 3.8) is 0 Å². The van der Waals surface area contributed by atoms with Crippen LogP contribution in [0.1, 0.15) is 53.0 Å². The van der Waals surface area contributed by atoms with E-state index in [4.69, 9.17) is 5.73 Å². The standard InChI is InChI=1S/C24H38N4O6/c1-6-14(4)20(24(33)34)28-23(32)19(12-16-7-9-17(29)10-8-16)27-21(30)15(5)26-22(31)18(25)11-13(2)3/h7-10,13-15,18-20,29H,6,11-12,25H2,1-5H3,(H,26,31)(H,27,30)(H,28,32)(H,33,34). The maximum Gasteiger partial charge on any atom is 0.326 e. The summed E-state index contributed by atoms with van der Waals surface area (Å²) in [4.78, 5) is 49.7. The number of carboxylic acids is 1. The first kappa shape index (κ1) is 28.9. The number of carboxylic acid groups (broad SMARTS) is 1. The number of aromatic hydroxyl groups is 1. The van der Waals surface area contributed by atoms with Gasteiger partial charge in [-0.15, -0.1) is 0 Å². The van der Waals surface area contributed by atoms with Gasteiger partial charge in [0.2, 0.25) is 17.7 Å². The smallest absolute Gasteiger partial charge is 0.326 e. The Kier molecular flexibility index (Phi) is 11.5. The largest absolute Gasteiger partial charge is 0.508 e. The summed E-state index contributed by atoms with van der Waals surface area (Å²) < 4.78 is 0. The molecule has 1 aromatic carbocycles. The monoisotopic (exact) mass is 478 g/mol. The second-order valence-corrected chi connectivity index (χ2v) is 9.11. The molecule has 5 unspecified atom stereocenters. The number of carbonyl (C=O) groups is 4. The lowest BCUT2D eigenvalue weighted by Gasteiger charge is -2.26. The topological polar surface area (TPSA) is 171 Å². The molecule has 0 aliphatic rings. The van der Waals surface area contributed by atoms with E-state index in [-0.39, 0.29) is 24.0 Å². The molecule has 0 aliphatic heterocycles. The number of hydrogen-bond donors (Lipinski definition) is 6. The van der Waals surface area contributed by atoms with Gasteiger partial charge in [-0.25, -0.2) is 4.79 Å². The van der Waals surface area contributed by atoms with Crippen LogP contribution in [0.15, 0.2) is 24.3 Å². The molecule has 1 aromatic rings. The van der Waals surface area contributed by atoms with Crippen molar-refractivity contribution in [3.8, 4) is 5.75 Å². The van der Waals surface area contributed by atoms with Crippen LogP contribution in [0.2, 0.25) is 0 Å². The van der Waals surface area contributed by atoms with Gasteiger partial charge in [-0.1, -0.05) is 46.2 Å². The lowest BCUT2D eigenvalue weighted by atomic mass is 9.98. The number of rotatable bonds is 13. The Hall–Kier alpha value is -3.14. The summed E-state index contributed by atoms with van der Waals surface area (Å²) >= 11 is 0. The van der Waals surface area contributed by atoms with E-state index in [0.717, 1.165) is 0 Å². The van der Waals surface area contributed by atoms with E-state index in [1.807, 2.05) is 20.8 Å². The molecule has 0 saturated heterocycles. The van der Waals surface area contributed by atoms with Crippen LogP contribution < -0.4 is 21.7 Å². The Labute approximate surface area is 200 Å². The van der Waals surface area contributed by atoms with Gasteiger partial charge in [0.05, 0.1) is 6.04 Å². The summed E-state index contributed by atoms with van der Waals surface area (Å²) in [5.41, 5.74) is 6.51. The van der Waals surface area contributed by atoms with Gasteiger partial charge in [0.25, 0.3) is 0 Å². The molecule has 10 heteroatoms. The molecule has 0 aromatic heterocycles. The first-order valence-corrected chi connectivity index (χ1v) is 11.5. The van der Waals surface area contributed by atoms with Crippen molar-refractivity contribution in [1.29, 1.82) is 0 Å². The Morgan fingerprint density at radius 1 is 0.912 bits per heavy atom. The Morgan fingerprint density at radius 3 is 2.00 bits per heavy atom. The third-order valence-corrected chi connectivity index (χ3v) is 5.60. The van der Waals surface area contributed by atoms with Crippen LogP contribution in [-0.4, -0.2) is 58.1 Å². The van der Waals surface area contributed by atoms with E-state index < -0.39 is 47.9 Å². The Bertz CT molecular complexity index is 842. The van der Waals surface area contributed by atoms with Gasteiger partial charge in [0.1, 0.15) is 23.9 Å². The first-order valence-electron chi connectivity index (χ1n) is 11.5. The number of carbonyl (C=O) groups excluding carboxylic acids is 3. The third-order valence-electron chi connectivity index (χ3n) is 5.60. The highest BCUT2D eigenvalue weighted by Gasteiger charge is 2.31. The number of phenolic OH excluding ortho intramolecular Hbond substituents is 1. The lowest BCUT2D eigenvalue weighted by Crippen LogP contribution is -2.57. The summed E-state index contributed by atoms with van der Waals surface area (Å²) in [6, 6.07) is 2.13. The summed E-state index contributed by atoms with van der Waals surface area (Å²) in [6.45, 7) is 8.87.